The average molecular weight is 144 g/mol. The van der Waals surface area contributed by atoms with Gasteiger partial charge in [0.2, 0.25) is 0 Å². The summed E-state index contributed by atoms with van der Waals surface area (Å²) in [6.45, 7) is 4.06. The zero-order chi connectivity index (χ0) is 7.78. The van der Waals surface area contributed by atoms with E-state index < -0.39 is 5.60 Å². The fraction of sp³-hybridized carbons (Fsp3) is 1.00. The van der Waals surface area contributed by atoms with Crippen molar-refractivity contribution < 1.29 is 9.84 Å². The topological polar surface area (TPSA) is 29.5 Å². The highest BCUT2D eigenvalue weighted by atomic mass is 16.5. The number of methoxy groups -OCH3 is 1. The maximum atomic E-state index is 9.62. The van der Waals surface area contributed by atoms with Crippen LogP contribution in [0.15, 0.2) is 0 Å². The Hall–Kier alpha value is -0.0800. The zero-order valence-electron chi connectivity index (χ0n) is 6.92. The van der Waals surface area contributed by atoms with Crippen molar-refractivity contribution in [2.24, 2.45) is 5.92 Å². The molecule has 0 aliphatic heterocycles. The van der Waals surface area contributed by atoms with Gasteiger partial charge in [0.25, 0.3) is 0 Å². The summed E-state index contributed by atoms with van der Waals surface area (Å²) >= 11 is 0. The van der Waals surface area contributed by atoms with Crippen LogP contribution in [0.3, 0.4) is 0 Å². The van der Waals surface area contributed by atoms with Gasteiger partial charge in [-0.25, -0.2) is 0 Å². The van der Waals surface area contributed by atoms with Gasteiger partial charge in [0.15, 0.2) is 0 Å². The van der Waals surface area contributed by atoms with Gasteiger partial charge in [0, 0.05) is 13.5 Å². The van der Waals surface area contributed by atoms with E-state index in [4.69, 9.17) is 4.74 Å². The fourth-order valence-corrected chi connectivity index (χ4v) is 1.34. The van der Waals surface area contributed by atoms with Crippen LogP contribution < -0.4 is 0 Å². The summed E-state index contributed by atoms with van der Waals surface area (Å²) in [6.07, 6.45) is 1.92. The van der Waals surface area contributed by atoms with E-state index in [2.05, 4.69) is 6.92 Å². The highest BCUT2D eigenvalue weighted by Gasteiger charge is 2.49. The molecule has 0 aromatic heterocycles. The summed E-state index contributed by atoms with van der Waals surface area (Å²) in [5.41, 5.74) is -0.393. The van der Waals surface area contributed by atoms with E-state index >= 15 is 0 Å². The number of aliphatic hydroxyl groups is 1. The molecule has 1 fully saturated rings. The molecular formula is C8H16O2. The molecule has 0 spiro atoms. The van der Waals surface area contributed by atoms with Gasteiger partial charge in [-0.3, -0.25) is 0 Å². The van der Waals surface area contributed by atoms with E-state index in [1.54, 1.807) is 7.11 Å². The minimum Gasteiger partial charge on any atom is -0.389 e. The number of hydrogen-bond acceptors (Lipinski definition) is 2. The molecule has 1 rings (SSSR count). The Labute approximate surface area is 62.2 Å². The second kappa shape index (κ2) is 2.51. The first kappa shape index (κ1) is 8.02. The predicted molar refractivity (Wildman–Crippen MR) is 39.8 cm³/mol. The lowest BCUT2D eigenvalue weighted by Gasteiger charge is -2.14. The summed E-state index contributed by atoms with van der Waals surface area (Å²) < 4.78 is 5.05. The fourth-order valence-electron chi connectivity index (χ4n) is 1.34. The second-order valence-corrected chi connectivity index (χ2v) is 3.46. The molecule has 0 radical (unpaired) electrons. The molecule has 0 aromatic rings. The highest BCUT2D eigenvalue weighted by Crippen LogP contribution is 2.46. The van der Waals surface area contributed by atoms with Crippen LogP contribution in [0.5, 0.6) is 0 Å². The van der Waals surface area contributed by atoms with Crippen molar-refractivity contribution >= 4 is 0 Å². The van der Waals surface area contributed by atoms with Crippen LogP contribution in [0, 0.1) is 5.92 Å². The van der Waals surface area contributed by atoms with E-state index in [0.29, 0.717) is 5.92 Å². The summed E-state index contributed by atoms with van der Waals surface area (Å²) in [5.74, 6) is 0.477. The Morgan fingerprint density at radius 2 is 2.30 bits per heavy atom. The van der Waals surface area contributed by atoms with E-state index in [-0.39, 0.29) is 6.10 Å². The molecule has 1 saturated carbocycles. The van der Waals surface area contributed by atoms with Crippen LogP contribution in [-0.4, -0.2) is 23.9 Å². The largest absolute Gasteiger partial charge is 0.389 e. The van der Waals surface area contributed by atoms with E-state index in [1.807, 2.05) is 6.92 Å². The van der Waals surface area contributed by atoms with Crippen LogP contribution in [0.25, 0.3) is 0 Å². The zero-order valence-corrected chi connectivity index (χ0v) is 6.92. The predicted octanol–water partition coefficient (Wildman–Crippen LogP) is 1.18. The summed E-state index contributed by atoms with van der Waals surface area (Å²) in [5, 5.41) is 9.62. The quantitative estimate of drug-likeness (QED) is 0.644. The molecule has 2 heteroatoms. The normalized spacial score (nSPS) is 41.4. The van der Waals surface area contributed by atoms with E-state index in [9.17, 15) is 5.11 Å². The third-order valence-corrected chi connectivity index (χ3v) is 2.46. The van der Waals surface area contributed by atoms with Crippen molar-refractivity contribution in [3.8, 4) is 0 Å². The van der Waals surface area contributed by atoms with Gasteiger partial charge in [-0.2, -0.15) is 0 Å². The van der Waals surface area contributed by atoms with Gasteiger partial charge < -0.3 is 9.84 Å². The van der Waals surface area contributed by atoms with Gasteiger partial charge in [0.05, 0.1) is 11.7 Å². The Kier molecular flexibility index (Phi) is 2.02. The SMILES string of the molecule is COC(C)CC1(O)CC1C. The molecule has 3 unspecified atom stereocenters. The molecule has 60 valence electrons. The number of hydrogen-bond donors (Lipinski definition) is 1. The van der Waals surface area contributed by atoms with Crippen molar-refractivity contribution in [3.05, 3.63) is 0 Å². The second-order valence-electron chi connectivity index (χ2n) is 3.46. The molecule has 0 bridgehead atoms. The molecule has 1 N–H and O–H groups in total. The third-order valence-electron chi connectivity index (χ3n) is 2.46. The van der Waals surface area contributed by atoms with Crippen molar-refractivity contribution in [1.29, 1.82) is 0 Å². The van der Waals surface area contributed by atoms with E-state index in [1.165, 1.54) is 0 Å². The lowest BCUT2D eigenvalue weighted by atomic mass is 10.1. The standard InChI is InChI=1S/C8H16O2/c1-6-4-8(6,9)5-7(2)10-3/h6-7,9H,4-5H2,1-3H3. The lowest BCUT2D eigenvalue weighted by Crippen LogP contribution is -2.19. The first-order valence-corrected chi connectivity index (χ1v) is 3.83. The monoisotopic (exact) mass is 144 g/mol. The molecule has 10 heavy (non-hydrogen) atoms. The Morgan fingerprint density at radius 1 is 1.80 bits per heavy atom. The summed E-state index contributed by atoms with van der Waals surface area (Å²) in [4.78, 5) is 0. The Morgan fingerprint density at radius 3 is 2.60 bits per heavy atom. The van der Waals surface area contributed by atoms with Crippen LogP contribution in [0.1, 0.15) is 26.7 Å². The van der Waals surface area contributed by atoms with Gasteiger partial charge in [-0.1, -0.05) is 6.92 Å². The Bertz CT molecular complexity index is 124. The first-order chi connectivity index (χ1) is 4.58. The third kappa shape index (κ3) is 1.50. The van der Waals surface area contributed by atoms with Gasteiger partial charge in [-0.05, 0) is 19.3 Å². The van der Waals surface area contributed by atoms with Gasteiger partial charge >= 0.3 is 0 Å². The molecule has 3 atom stereocenters. The Balaban J connectivity index is 2.26. The average Bonchev–Trinajstić information content (AvgIpc) is 2.40. The molecule has 1 aliphatic carbocycles. The van der Waals surface area contributed by atoms with Gasteiger partial charge in [-0.15, -0.1) is 0 Å². The molecule has 1 aliphatic rings. The maximum absolute atomic E-state index is 9.62. The lowest BCUT2D eigenvalue weighted by molar-refractivity contribution is 0.0368. The molecule has 2 nitrogen and oxygen atoms in total. The molecule has 0 amide bonds. The molecule has 0 heterocycles. The van der Waals surface area contributed by atoms with Gasteiger partial charge in [0.1, 0.15) is 0 Å². The van der Waals surface area contributed by atoms with Crippen LogP contribution in [0.2, 0.25) is 0 Å². The minimum absolute atomic E-state index is 0.190. The van der Waals surface area contributed by atoms with Crippen LogP contribution in [0.4, 0.5) is 0 Å². The summed E-state index contributed by atoms with van der Waals surface area (Å²) in [7, 11) is 1.68. The van der Waals surface area contributed by atoms with Crippen molar-refractivity contribution in [2.45, 2.75) is 38.4 Å². The number of rotatable bonds is 3. The molecular weight excluding hydrogens is 128 g/mol. The minimum atomic E-state index is -0.393. The highest BCUT2D eigenvalue weighted by molar-refractivity contribution is 5.01. The first-order valence-electron chi connectivity index (χ1n) is 3.83. The van der Waals surface area contributed by atoms with Crippen molar-refractivity contribution in [2.75, 3.05) is 7.11 Å². The van der Waals surface area contributed by atoms with Crippen molar-refractivity contribution in [3.63, 3.8) is 0 Å². The molecule has 0 aromatic carbocycles. The van der Waals surface area contributed by atoms with Crippen LogP contribution >= 0.6 is 0 Å². The smallest absolute Gasteiger partial charge is 0.0702 e. The molecule has 0 saturated heterocycles. The van der Waals surface area contributed by atoms with Crippen molar-refractivity contribution in [1.82, 2.24) is 0 Å². The maximum Gasteiger partial charge on any atom is 0.0702 e. The van der Waals surface area contributed by atoms with E-state index in [0.717, 1.165) is 12.8 Å². The number of ether oxygens (including phenoxy) is 1. The van der Waals surface area contributed by atoms with Crippen LogP contribution in [-0.2, 0) is 4.74 Å². The summed E-state index contributed by atoms with van der Waals surface area (Å²) in [6, 6.07) is 0.